The van der Waals surface area contributed by atoms with E-state index in [-0.39, 0.29) is 16.6 Å². The Hall–Kier alpha value is -1.45. The van der Waals surface area contributed by atoms with Gasteiger partial charge in [0.05, 0.1) is 5.75 Å². The zero-order chi connectivity index (χ0) is 21.1. The summed E-state index contributed by atoms with van der Waals surface area (Å²) in [4.78, 5) is 11.9. The smallest absolute Gasteiger partial charge is 0.178 e. The highest BCUT2D eigenvalue weighted by Gasteiger charge is 2.63. The Morgan fingerprint density at radius 1 is 1.17 bits per heavy atom. The van der Waals surface area contributed by atoms with Crippen molar-refractivity contribution in [3.8, 4) is 0 Å². The summed E-state index contributed by atoms with van der Waals surface area (Å²) in [6.45, 7) is 4.54. The van der Waals surface area contributed by atoms with Crippen molar-refractivity contribution in [3.05, 3.63) is 71.3 Å². The van der Waals surface area contributed by atoms with Crippen LogP contribution in [0.5, 0.6) is 0 Å². The van der Waals surface area contributed by atoms with E-state index in [4.69, 9.17) is 11.6 Å². The van der Waals surface area contributed by atoms with Gasteiger partial charge in [-0.3, -0.25) is 9.00 Å². The monoisotopic (exact) mass is 440 g/mol. The third kappa shape index (κ3) is 2.81. The number of benzene rings is 1. The number of hydrogen-bond acceptors (Lipinski definition) is 2. The summed E-state index contributed by atoms with van der Waals surface area (Å²) < 4.78 is 12.9. The Kier molecular flexibility index (Phi) is 4.79. The van der Waals surface area contributed by atoms with E-state index >= 15 is 0 Å². The van der Waals surface area contributed by atoms with Gasteiger partial charge in [-0.1, -0.05) is 60.6 Å². The molecule has 1 aromatic rings. The second kappa shape index (κ2) is 7.03. The zero-order valence-corrected chi connectivity index (χ0v) is 19.3. The molecule has 2 saturated carbocycles. The van der Waals surface area contributed by atoms with Crippen LogP contribution in [0.15, 0.2) is 65.8 Å². The molecule has 2 nitrogen and oxygen atoms in total. The van der Waals surface area contributed by atoms with Gasteiger partial charge in [-0.05, 0) is 68.6 Å². The van der Waals surface area contributed by atoms with E-state index in [9.17, 15) is 9.00 Å². The molecule has 4 aliphatic carbocycles. The Morgan fingerprint density at radius 2 is 1.93 bits per heavy atom. The standard InChI is InChI=1S/C26H29ClO2S/c1-24-13-10-20(28)16-19(24)8-9-21-22(24)11-14-25(2)23(21)12-15-26(25,27)30(29)17-18-6-4-3-5-7-18/h3-7,10-11,13,16,21,23H,8-9,12,14-15,17H2,1-2H3/t21-,23-,24+,25+,26+,30-/m1/s1. The van der Waals surface area contributed by atoms with Gasteiger partial charge >= 0.3 is 0 Å². The second-order valence-corrected chi connectivity index (χ2v) is 12.4. The average molecular weight is 441 g/mol. The van der Waals surface area contributed by atoms with E-state index in [1.165, 1.54) is 11.1 Å². The van der Waals surface area contributed by atoms with Gasteiger partial charge in [0, 0.05) is 21.6 Å². The van der Waals surface area contributed by atoms with Crippen LogP contribution < -0.4 is 0 Å². The van der Waals surface area contributed by atoms with Crippen LogP contribution in [0.4, 0.5) is 0 Å². The van der Waals surface area contributed by atoms with E-state index in [1.54, 1.807) is 6.08 Å². The molecular formula is C26H29ClO2S. The molecule has 158 valence electrons. The van der Waals surface area contributed by atoms with Crippen LogP contribution in [0.25, 0.3) is 0 Å². The lowest BCUT2D eigenvalue weighted by Crippen LogP contribution is -2.50. The van der Waals surface area contributed by atoms with Crippen LogP contribution in [0, 0.1) is 22.7 Å². The van der Waals surface area contributed by atoms with E-state index in [0.717, 1.165) is 37.7 Å². The highest BCUT2D eigenvalue weighted by molar-refractivity contribution is 7.87. The fourth-order valence-electron chi connectivity index (χ4n) is 6.68. The summed E-state index contributed by atoms with van der Waals surface area (Å²) in [5, 5.41) is 0. The van der Waals surface area contributed by atoms with Crippen molar-refractivity contribution in [1.29, 1.82) is 0 Å². The quantitative estimate of drug-likeness (QED) is 0.420. The maximum atomic E-state index is 13.6. The minimum Gasteiger partial charge on any atom is -0.290 e. The Morgan fingerprint density at radius 3 is 2.70 bits per heavy atom. The maximum Gasteiger partial charge on any atom is 0.178 e. The highest BCUT2D eigenvalue weighted by atomic mass is 35.5. The molecule has 0 saturated heterocycles. The van der Waals surface area contributed by atoms with Gasteiger partial charge in [0.1, 0.15) is 4.21 Å². The summed E-state index contributed by atoms with van der Waals surface area (Å²) in [6, 6.07) is 10.1. The summed E-state index contributed by atoms with van der Waals surface area (Å²) >= 11 is 7.31. The topological polar surface area (TPSA) is 34.1 Å². The van der Waals surface area contributed by atoms with Gasteiger partial charge in [0.25, 0.3) is 0 Å². The molecule has 4 aliphatic rings. The van der Waals surface area contributed by atoms with Gasteiger partial charge in [0.15, 0.2) is 5.78 Å². The number of carbonyl (C=O) groups excluding carboxylic acids is 1. The molecule has 0 heterocycles. The molecule has 0 unspecified atom stereocenters. The van der Waals surface area contributed by atoms with E-state index < -0.39 is 15.0 Å². The Bertz CT molecular complexity index is 1010. The lowest BCUT2D eigenvalue weighted by molar-refractivity contribution is -0.110. The largest absolute Gasteiger partial charge is 0.290 e. The molecule has 0 radical (unpaired) electrons. The number of ketones is 1. The van der Waals surface area contributed by atoms with Crippen molar-refractivity contribution in [3.63, 3.8) is 0 Å². The number of rotatable bonds is 3. The highest BCUT2D eigenvalue weighted by Crippen LogP contribution is 2.67. The molecule has 0 aliphatic heterocycles. The van der Waals surface area contributed by atoms with Crippen molar-refractivity contribution in [2.45, 2.75) is 55.9 Å². The van der Waals surface area contributed by atoms with Crippen LogP contribution in [0.3, 0.4) is 0 Å². The van der Waals surface area contributed by atoms with E-state index in [0.29, 0.717) is 17.6 Å². The first-order chi connectivity index (χ1) is 14.3. The van der Waals surface area contributed by atoms with Crippen LogP contribution >= 0.6 is 11.6 Å². The van der Waals surface area contributed by atoms with E-state index in [2.05, 4.69) is 26.0 Å². The third-order valence-electron chi connectivity index (χ3n) is 8.47. The number of carbonyl (C=O) groups is 1. The fraction of sp³-hybridized carbons (Fsp3) is 0.500. The average Bonchev–Trinajstić information content (AvgIpc) is 3.01. The predicted molar refractivity (Wildman–Crippen MR) is 123 cm³/mol. The molecule has 2 fully saturated rings. The summed E-state index contributed by atoms with van der Waals surface area (Å²) in [5.41, 5.74) is 3.49. The maximum absolute atomic E-state index is 13.6. The van der Waals surface area contributed by atoms with Crippen molar-refractivity contribution in [2.75, 3.05) is 0 Å². The van der Waals surface area contributed by atoms with Crippen molar-refractivity contribution in [1.82, 2.24) is 0 Å². The van der Waals surface area contributed by atoms with Gasteiger partial charge in [-0.25, -0.2) is 0 Å². The third-order valence-corrected chi connectivity index (χ3v) is 11.6. The first-order valence-corrected chi connectivity index (χ1v) is 12.7. The molecular weight excluding hydrogens is 412 g/mol. The van der Waals surface area contributed by atoms with Gasteiger partial charge in [0.2, 0.25) is 0 Å². The molecule has 30 heavy (non-hydrogen) atoms. The molecule has 0 bridgehead atoms. The zero-order valence-electron chi connectivity index (χ0n) is 17.7. The van der Waals surface area contributed by atoms with Crippen molar-refractivity contribution >= 4 is 28.2 Å². The molecule has 4 heteroatoms. The Labute approximate surface area is 186 Å². The first-order valence-electron chi connectivity index (χ1n) is 11.0. The first kappa shape index (κ1) is 20.5. The molecule has 0 N–H and O–H groups in total. The minimum absolute atomic E-state index is 0.110. The second-order valence-electron chi connectivity index (χ2n) is 9.88. The molecule has 6 atom stereocenters. The lowest BCUT2D eigenvalue weighted by Gasteiger charge is -2.53. The van der Waals surface area contributed by atoms with Crippen LogP contribution in [-0.4, -0.2) is 14.2 Å². The molecule has 0 spiro atoms. The molecule has 1 aromatic carbocycles. The normalized spacial score (nSPS) is 40.7. The summed E-state index contributed by atoms with van der Waals surface area (Å²) in [6.07, 6.45) is 12.8. The lowest BCUT2D eigenvalue weighted by atomic mass is 9.53. The summed E-state index contributed by atoms with van der Waals surface area (Å²) in [7, 11) is -1.14. The van der Waals surface area contributed by atoms with Crippen LogP contribution in [0.1, 0.15) is 51.5 Å². The van der Waals surface area contributed by atoms with Crippen LogP contribution in [0.2, 0.25) is 0 Å². The number of fused-ring (bicyclic) bond motifs is 5. The Balaban J connectivity index is 1.48. The van der Waals surface area contributed by atoms with Gasteiger partial charge in [-0.15, -0.1) is 11.6 Å². The molecule has 0 amide bonds. The fourth-order valence-corrected chi connectivity index (χ4v) is 8.99. The summed E-state index contributed by atoms with van der Waals surface area (Å²) in [5.74, 6) is 1.53. The SMILES string of the molecule is C[C@]12C=CC(=O)C=C1CC[C@@H]1C2=CC[C@@]2(C)[C@@H]1CC[C@]2(Cl)[S@](=O)Cc1ccccc1. The number of hydrogen-bond donors (Lipinski definition) is 0. The number of alkyl halides is 1. The predicted octanol–water partition coefficient (Wildman–Crippen LogP) is 6.10. The number of halogens is 1. The van der Waals surface area contributed by atoms with E-state index in [1.807, 2.05) is 36.4 Å². The van der Waals surface area contributed by atoms with Crippen molar-refractivity contribution in [2.24, 2.45) is 22.7 Å². The van der Waals surface area contributed by atoms with Gasteiger partial charge < -0.3 is 0 Å². The number of allylic oxidation sites excluding steroid dienone is 6. The van der Waals surface area contributed by atoms with Gasteiger partial charge in [-0.2, -0.15) is 0 Å². The molecule has 0 aromatic heterocycles. The van der Waals surface area contributed by atoms with Crippen LogP contribution in [-0.2, 0) is 21.3 Å². The molecule has 5 rings (SSSR count). The minimum atomic E-state index is -1.14. The van der Waals surface area contributed by atoms with Crippen molar-refractivity contribution < 1.29 is 9.00 Å².